The van der Waals surface area contributed by atoms with Crippen LogP contribution in [0.3, 0.4) is 0 Å². The van der Waals surface area contributed by atoms with Gasteiger partial charge in [-0.2, -0.15) is 9.97 Å². The van der Waals surface area contributed by atoms with Crippen molar-refractivity contribution in [2.75, 3.05) is 24.0 Å². The second-order valence-corrected chi connectivity index (χ2v) is 9.71. The first-order chi connectivity index (χ1) is 14.2. The third-order valence-corrected chi connectivity index (χ3v) is 7.18. The summed E-state index contributed by atoms with van der Waals surface area (Å²) in [4.78, 5) is 24.0. The van der Waals surface area contributed by atoms with Gasteiger partial charge in [0.2, 0.25) is 17.6 Å². The molecule has 164 valence electrons. The van der Waals surface area contributed by atoms with Crippen LogP contribution in [0.15, 0.2) is 6.33 Å². The second kappa shape index (κ2) is 9.20. The summed E-state index contributed by atoms with van der Waals surface area (Å²) in [5.41, 5.74) is 7.12. The van der Waals surface area contributed by atoms with Crippen LogP contribution in [0.2, 0.25) is 0 Å². The topological polar surface area (TPSA) is 157 Å². The van der Waals surface area contributed by atoms with Crippen molar-refractivity contribution in [2.45, 2.75) is 63.9 Å². The Morgan fingerprint density at radius 2 is 2.23 bits per heavy atom. The monoisotopic (exact) mass is 438 g/mol. The number of imidazole rings is 1. The summed E-state index contributed by atoms with van der Waals surface area (Å²) < 4.78 is 20.2. The van der Waals surface area contributed by atoms with Crippen LogP contribution in [-0.2, 0) is 20.6 Å². The van der Waals surface area contributed by atoms with Crippen LogP contribution >= 0.6 is 7.80 Å². The van der Waals surface area contributed by atoms with Crippen molar-refractivity contribution in [2.24, 2.45) is 0 Å². The van der Waals surface area contributed by atoms with Gasteiger partial charge in [-0.15, -0.1) is 0 Å². The minimum absolute atomic E-state index is 0.0251. The molecule has 0 radical (unpaired) electrons. The average molecular weight is 438 g/mol. The second-order valence-electron chi connectivity index (χ2n) is 7.71. The number of nitrogens with two attached hydrogens (primary N) is 1. The minimum Gasteiger partial charge on any atom is -0.480 e. The van der Waals surface area contributed by atoms with Crippen LogP contribution < -0.4 is 16.4 Å². The van der Waals surface area contributed by atoms with E-state index < -0.39 is 25.1 Å². The molecule has 2 aromatic rings. The summed E-state index contributed by atoms with van der Waals surface area (Å²) in [6.07, 6.45) is 4.41. The van der Waals surface area contributed by atoms with Gasteiger partial charge in [0.1, 0.15) is 6.04 Å². The number of hydrogen-bond donors (Lipinski definition) is 4. The average Bonchev–Trinajstić information content (AvgIpc) is 3.42. The van der Waals surface area contributed by atoms with Gasteiger partial charge in [0, 0.05) is 19.0 Å². The standard InChI is InChI=1S/C18H28N7O4P/c1-4-18(3,24-11(2)16(26)27)30(28)10-29-8-7-25-9-20-13-14(21-12-5-6-12)22-17(19)23-15(13)25/h9,11-12,24H,4-8,10H2,1-3H3,(H3-,19,21,22,23,26,27)/p+1/t11-,18?/m0/s1. The lowest BCUT2D eigenvalue weighted by Gasteiger charge is -2.22. The van der Waals surface area contributed by atoms with Crippen LogP contribution in [0.1, 0.15) is 40.0 Å². The highest BCUT2D eigenvalue weighted by Crippen LogP contribution is 2.39. The number of aliphatic carboxylic acids is 1. The fourth-order valence-electron chi connectivity index (χ4n) is 2.98. The molecular formula is C18H29N7O4P+. The van der Waals surface area contributed by atoms with Crippen molar-refractivity contribution in [1.82, 2.24) is 24.8 Å². The normalized spacial score (nSPS) is 17.5. The number of nitrogens with one attached hydrogen (secondary N) is 2. The highest BCUT2D eigenvalue weighted by molar-refractivity contribution is 7.46. The van der Waals surface area contributed by atoms with E-state index >= 15 is 0 Å². The first-order valence-electron chi connectivity index (χ1n) is 10.0. The number of nitrogen functional groups attached to an aromatic ring is 1. The van der Waals surface area contributed by atoms with Gasteiger partial charge >= 0.3 is 13.8 Å². The number of anilines is 2. The lowest BCUT2D eigenvalue weighted by Crippen LogP contribution is -2.47. The molecule has 1 aliphatic carbocycles. The number of hydrogen-bond acceptors (Lipinski definition) is 9. The molecule has 0 amide bonds. The van der Waals surface area contributed by atoms with Crippen molar-refractivity contribution in [3.8, 4) is 0 Å². The third kappa shape index (κ3) is 5.21. The third-order valence-electron chi connectivity index (χ3n) is 5.22. The van der Waals surface area contributed by atoms with Crippen molar-refractivity contribution >= 4 is 36.7 Å². The maximum atomic E-state index is 12.7. The molecule has 0 spiro atoms. The van der Waals surface area contributed by atoms with Gasteiger partial charge in [-0.1, -0.05) is 11.5 Å². The van der Waals surface area contributed by atoms with Crippen molar-refractivity contribution in [1.29, 1.82) is 0 Å². The Hall–Kier alpha value is -2.36. The molecule has 11 nitrogen and oxygen atoms in total. The number of rotatable bonds is 12. The lowest BCUT2D eigenvalue weighted by atomic mass is 10.2. The molecule has 5 N–H and O–H groups in total. The SMILES string of the molecule is CCC(C)(N[C@@H](C)C(=O)O)[P+](=O)COCCn1cnc2c(NC3CC3)nc(N)nc21. The summed E-state index contributed by atoms with van der Waals surface area (Å²) in [5, 5.41) is 14.5. The van der Waals surface area contributed by atoms with Gasteiger partial charge in [-0.3, -0.25) is 10.1 Å². The smallest absolute Gasteiger partial charge is 0.388 e. The molecule has 2 unspecified atom stereocenters. The zero-order valence-corrected chi connectivity index (χ0v) is 18.4. The Kier molecular flexibility index (Phi) is 6.84. The molecule has 12 heteroatoms. The zero-order chi connectivity index (χ0) is 21.9. The summed E-state index contributed by atoms with van der Waals surface area (Å²) in [6.45, 7) is 5.91. The minimum atomic E-state index is -1.83. The van der Waals surface area contributed by atoms with E-state index in [1.54, 1.807) is 13.3 Å². The number of nitrogens with zero attached hydrogens (tertiary/aromatic N) is 4. The van der Waals surface area contributed by atoms with Crippen LogP contribution in [-0.4, -0.2) is 60.9 Å². The molecule has 3 rings (SSSR count). The van der Waals surface area contributed by atoms with Gasteiger partial charge in [-0.25, -0.2) is 4.98 Å². The molecule has 30 heavy (non-hydrogen) atoms. The summed E-state index contributed by atoms with van der Waals surface area (Å²) in [7, 11) is -1.83. The quantitative estimate of drug-likeness (QED) is 0.285. The van der Waals surface area contributed by atoms with E-state index in [0.29, 0.717) is 42.6 Å². The van der Waals surface area contributed by atoms with E-state index in [1.165, 1.54) is 6.92 Å². The Morgan fingerprint density at radius 3 is 2.87 bits per heavy atom. The van der Waals surface area contributed by atoms with Crippen LogP contribution in [0.5, 0.6) is 0 Å². The number of carboxylic acids is 1. The van der Waals surface area contributed by atoms with Crippen molar-refractivity contribution in [3.63, 3.8) is 0 Å². The Balaban J connectivity index is 1.57. The molecule has 3 atom stereocenters. The van der Waals surface area contributed by atoms with E-state index in [4.69, 9.17) is 15.6 Å². The highest BCUT2D eigenvalue weighted by atomic mass is 31.1. The number of carboxylic acid groups (broad SMARTS) is 1. The van der Waals surface area contributed by atoms with Crippen LogP contribution in [0, 0.1) is 0 Å². The first-order valence-corrected chi connectivity index (χ1v) is 11.5. The molecule has 2 aromatic heterocycles. The molecule has 0 bridgehead atoms. The molecular weight excluding hydrogens is 409 g/mol. The molecule has 0 aromatic carbocycles. The maximum Gasteiger partial charge on any atom is 0.388 e. The van der Waals surface area contributed by atoms with E-state index in [9.17, 15) is 9.36 Å². The summed E-state index contributed by atoms with van der Waals surface area (Å²) in [5.74, 6) is -0.170. The zero-order valence-electron chi connectivity index (χ0n) is 17.5. The first kappa shape index (κ1) is 22.3. The van der Waals surface area contributed by atoms with Crippen molar-refractivity contribution in [3.05, 3.63) is 6.33 Å². The van der Waals surface area contributed by atoms with E-state index in [2.05, 4.69) is 25.6 Å². The Bertz CT molecular complexity index is 933. The molecule has 1 saturated carbocycles. The van der Waals surface area contributed by atoms with Gasteiger partial charge in [0.05, 0.1) is 12.9 Å². The van der Waals surface area contributed by atoms with Crippen molar-refractivity contribution < 1.29 is 19.2 Å². The largest absolute Gasteiger partial charge is 0.480 e. The van der Waals surface area contributed by atoms with Crippen LogP contribution in [0.4, 0.5) is 11.8 Å². The Labute approximate surface area is 175 Å². The molecule has 0 saturated heterocycles. The van der Waals surface area contributed by atoms with Gasteiger partial charge in [-0.05, 0) is 26.7 Å². The maximum absolute atomic E-state index is 12.7. The summed E-state index contributed by atoms with van der Waals surface area (Å²) in [6, 6.07) is -0.382. The summed E-state index contributed by atoms with van der Waals surface area (Å²) >= 11 is 0. The lowest BCUT2D eigenvalue weighted by molar-refractivity contribution is -0.139. The number of fused-ring (bicyclic) bond motifs is 1. The predicted molar refractivity (Wildman–Crippen MR) is 114 cm³/mol. The number of aromatic nitrogens is 4. The van der Waals surface area contributed by atoms with E-state index in [-0.39, 0.29) is 12.3 Å². The molecule has 2 heterocycles. The van der Waals surface area contributed by atoms with E-state index in [0.717, 1.165) is 12.8 Å². The molecule has 1 fully saturated rings. The molecule has 1 aliphatic rings. The van der Waals surface area contributed by atoms with Gasteiger partial charge in [0.15, 0.2) is 17.0 Å². The molecule has 0 aliphatic heterocycles. The van der Waals surface area contributed by atoms with Gasteiger partial charge < -0.3 is 25.5 Å². The highest BCUT2D eigenvalue weighted by Gasteiger charge is 2.44. The van der Waals surface area contributed by atoms with Crippen LogP contribution in [0.25, 0.3) is 11.2 Å². The van der Waals surface area contributed by atoms with Gasteiger partial charge in [0.25, 0.3) is 0 Å². The Morgan fingerprint density at radius 1 is 1.50 bits per heavy atom. The van der Waals surface area contributed by atoms with E-state index in [1.807, 2.05) is 11.5 Å². The fourth-order valence-corrected chi connectivity index (χ4v) is 4.25. The fraction of sp³-hybridized carbons (Fsp3) is 0.667. The number of carbonyl (C=O) groups is 1. The number of ether oxygens (including phenoxy) is 1. The predicted octanol–water partition coefficient (Wildman–Crippen LogP) is 1.97.